The predicted octanol–water partition coefficient (Wildman–Crippen LogP) is 7.43. The first kappa shape index (κ1) is 29.9. The number of urea groups is 1. The standard InChI is InChI=1S/C33H25Br2N3O5/c1-20-10-9-15-28(21(20)2)36-29(39)19-43-30-26(34)17-22(18-27(30)35)16-25-31(40)37(23-11-5-3-6-12-23)33(42)38(32(25)41)24-13-7-4-8-14-24/h3-18H,19H2,1-2H3,(H,36,39). The minimum Gasteiger partial charge on any atom is -0.481 e. The normalized spacial score (nSPS) is 13.3. The second-order valence-electron chi connectivity index (χ2n) is 9.69. The van der Waals surface area contributed by atoms with Crippen LogP contribution in [0.1, 0.15) is 16.7 Å². The predicted molar refractivity (Wildman–Crippen MR) is 173 cm³/mol. The molecule has 43 heavy (non-hydrogen) atoms. The van der Waals surface area contributed by atoms with Crippen molar-refractivity contribution < 1.29 is 23.9 Å². The number of aryl methyl sites for hydroxylation is 1. The third-order valence-electron chi connectivity index (χ3n) is 6.84. The molecule has 1 fully saturated rings. The molecule has 8 nitrogen and oxygen atoms in total. The largest absolute Gasteiger partial charge is 0.481 e. The summed E-state index contributed by atoms with van der Waals surface area (Å²) in [6.07, 6.45) is 1.43. The second-order valence-corrected chi connectivity index (χ2v) is 11.4. The molecule has 0 spiro atoms. The zero-order chi connectivity index (χ0) is 30.7. The fourth-order valence-electron chi connectivity index (χ4n) is 4.52. The van der Waals surface area contributed by atoms with Crippen LogP contribution in [0.5, 0.6) is 5.75 Å². The highest BCUT2D eigenvalue weighted by molar-refractivity contribution is 9.11. The SMILES string of the molecule is Cc1cccc(NC(=O)COc2c(Br)cc(C=C3C(=O)N(c4ccccc4)C(=O)N(c4ccccc4)C3=O)cc2Br)c1C. The number of carbonyl (C=O) groups is 4. The van der Waals surface area contributed by atoms with Crippen molar-refractivity contribution in [3.8, 4) is 5.75 Å². The maximum Gasteiger partial charge on any atom is 0.343 e. The van der Waals surface area contributed by atoms with Crippen LogP contribution in [0, 0.1) is 13.8 Å². The van der Waals surface area contributed by atoms with E-state index in [0.29, 0.717) is 37.3 Å². The summed E-state index contributed by atoms with van der Waals surface area (Å²) >= 11 is 6.95. The Bertz CT molecular complexity index is 1690. The number of hydrogen-bond acceptors (Lipinski definition) is 5. The van der Waals surface area contributed by atoms with Crippen LogP contribution < -0.4 is 19.9 Å². The number of nitrogens with one attached hydrogen (secondary N) is 1. The van der Waals surface area contributed by atoms with E-state index >= 15 is 0 Å². The lowest BCUT2D eigenvalue weighted by molar-refractivity contribution is -0.121. The summed E-state index contributed by atoms with van der Waals surface area (Å²) in [6, 6.07) is 25.1. The third kappa shape index (κ3) is 6.30. The van der Waals surface area contributed by atoms with Gasteiger partial charge in [0.15, 0.2) is 6.61 Å². The third-order valence-corrected chi connectivity index (χ3v) is 8.01. The summed E-state index contributed by atoms with van der Waals surface area (Å²) < 4.78 is 6.77. The Hall–Kier alpha value is -4.54. The highest BCUT2D eigenvalue weighted by Crippen LogP contribution is 2.36. The van der Waals surface area contributed by atoms with Gasteiger partial charge in [0.1, 0.15) is 11.3 Å². The maximum absolute atomic E-state index is 13.6. The van der Waals surface area contributed by atoms with E-state index in [0.717, 1.165) is 20.9 Å². The number of anilines is 3. The van der Waals surface area contributed by atoms with Crippen LogP contribution in [0.25, 0.3) is 6.08 Å². The number of ether oxygens (including phenoxy) is 1. The molecule has 1 saturated heterocycles. The Morgan fingerprint density at radius 1 is 0.791 bits per heavy atom. The van der Waals surface area contributed by atoms with Crippen LogP contribution in [0.3, 0.4) is 0 Å². The van der Waals surface area contributed by atoms with Crippen molar-refractivity contribution in [3.63, 3.8) is 0 Å². The number of para-hydroxylation sites is 2. The Labute approximate surface area is 265 Å². The first-order valence-electron chi connectivity index (χ1n) is 13.2. The van der Waals surface area contributed by atoms with E-state index < -0.39 is 17.8 Å². The van der Waals surface area contributed by atoms with E-state index in [1.54, 1.807) is 72.8 Å². The van der Waals surface area contributed by atoms with Crippen molar-refractivity contribution in [1.82, 2.24) is 0 Å². The molecule has 1 heterocycles. The molecule has 1 N–H and O–H groups in total. The van der Waals surface area contributed by atoms with Crippen molar-refractivity contribution in [3.05, 3.63) is 122 Å². The van der Waals surface area contributed by atoms with Gasteiger partial charge in [0, 0.05) is 5.69 Å². The van der Waals surface area contributed by atoms with E-state index in [2.05, 4.69) is 37.2 Å². The van der Waals surface area contributed by atoms with Crippen LogP contribution in [0.4, 0.5) is 21.9 Å². The molecule has 0 saturated carbocycles. The van der Waals surface area contributed by atoms with Gasteiger partial charge in [-0.15, -0.1) is 0 Å². The zero-order valence-electron chi connectivity index (χ0n) is 23.1. The van der Waals surface area contributed by atoms with Gasteiger partial charge in [-0.05, 0) is 111 Å². The number of amides is 5. The highest BCUT2D eigenvalue weighted by Gasteiger charge is 2.43. The van der Waals surface area contributed by atoms with Gasteiger partial charge in [-0.3, -0.25) is 14.4 Å². The Morgan fingerprint density at radius 3 is 1.86 bits per heavy atom. The summed E-state index contributed by atoms with van der Waals surface area (Å²) in [7, 11) is 0. The second kappa shape index (κ2) is 12.8. The molecular formula is C33H25Br2N3O5. The number of nitrogens with zero attached hydrogens (tertiary/aromatic N) is 2. The molecule has 1 aliphatic rings. The van der Waals surface area contributed by atoms with Gasteiger partial charge in [0.05, 0.1) is 20.3 Å². The van der Waals surface area contributed by atoms with Crippen LogP contribution in [0.15, 0.2) is 106 Å². The van der Waals surface area contributed by atoms with E-state index in [1.807, 2.05) is 32.0 Å². The minimum atomic E-state index is -0.769. The molecule has 0 unspecified atom stereocenters. The van der Waals surface area contributed by atoms with E-state index in [1.165, 1.54) is 6.08 Å². The summed E-state index contributed by atoms with van der Waals surface area (Å²) in [5.41, 5.74) is 3.70. The van der Waals surface area contributed by atoms with Gasteiger partial charge < -0.3 is 10.1 Å². The smallest absolute Gasteiger partial charge is 0.343 e. The van der Waals surface area contributed by atoms with Gasteiger partial charge in [-0.1, -0.05) is 48.5 Å². The Balaban J connectivity index is 1.43. The number of halogens is 2. The molecular weight excluding hydrogens is 678 g/mol. The molecule has 5 amide bonds. The van der Waals surface area contributed by atoms with Crippen molar-refractivity contribution >= 4 is 78.8 Å². The Kier molecular flexibility index (Phi) is 8.89. The Morgan fingerprint density at radius 2 is 1.33 bits per heavy atom. The molecule has 10 heteroatoms. The first-order valence-corrected chi connectivity index (χ1v) is 14.8. The van der Waals surface area contributed by atoms with Gasteiger partial charge in [-0.25, -0.2) is 14.6 Å². The average molecular weight is 703 g/mol. The number of barbiturate groups is 1. The first-order chi connectivity index (χ1) is 20.7. The molecule has 4 aromatic rings. The van der Waals surface area contributed by atoms with E-state index in [-0.39, 0.29) is 18.1 Å². The minimum absolute atomic E-state index is 0.201. The molecule has 0 atom stereocenters. The fourth-order valence-corrected chi connectivity index (χ4v) is 5.97. The molecule has 5 rings (SSSR count). The fraction of sp³-hybridized carbons (Fsp3) is 0.0909. The monoisotopic (exact) mass is 701 g/mol. The highest BCUT2D eigenvalue weighted by atomic mass is 79.9. The van der Waals surface area contributed by atoms with Gasteiger partial charge in [-0.2, -0.15) is 0 Å². The zero-order valence-corrected chi connectivity index (χ0v) is 26.3. The average Bonchev–Trinajstić information content (AvgIpc) is 2.98. The van der Waals surface area contributed by atoms with Crippen molar-refractivity contribution in [2.45, 2.75) is 13.8 Å². The van der Waals surface area contributed by atoms with Crippen molar-refractivity contribution in [2.24, 2.45) is 0 Å². The van der Waals surface area contributed by atoms with Crippen LogP contribution in [0.2, 0.25) is 0 Å². The van der Waals surface area contributed by atoms with Gasteiger partial charge >= 0.3 is 6.03 Å². The van der Waals surface area contributed by atoms with E-state index in [4.69, 9.17) is 4.74 Å². The molecule has 0 bridgehead atoms. The maximum atomic E-state index is 13.6. The van der Waals surface area contributed by atoms with Gasteiger partial charge in [0.25, 0.3) is 17.7 Å². The summed E-state index contributed by atoms with van der Waals surface area (Å²) in [4.78, 5) is 55.3. The van der Waals surface area contributed by atoms with Crippen molar-refractivity contribution in [1.29, 1.82) is 0 Å². The molecule has 0 aliphatic carbocycles. The molecule has 1 aliphatic heterocycles. The lowest BCUT2D eigenvalue weighted by Gasteiger charge is -2.34. The van der Waals surface area contributed by atoms with Crippen molar-refractivity contribution in [2.75, 3.05) is 21.7 Å². The molecule has 0 aromatic heterocycles. The van der Waals surface area contributed by atoms with Crippen LogP contribution in [-0.4, -0.2) is 30.4 Å². The lowest BCUT2D eigenvalue weighted by atomic mass is 10.0. The lowest BCUT2D eigenvalue weighted by Crippen LogP contribution is -2.57. The quantitative estimate of drug-likeness (QED) is 0.160. The molecule has 4 aromatic carbocycles. The van der Waals surface area contributed by atoms with Gasteiger partial charge in [0.2, 0.25) is 0 Å². The number of hydrogen-bond donors (Lipinski definition) is 1. The topological polar surface area (TPSA) is 96.0 Å². The summed E-state index contributed by atoms with van der Waals surface area (Å²) in [5, 5.41) is 2.86. The number of benzene rings is 4. The summed E-state index contributed by atoms with van der Waals surface area (Å²) in [6.45, 7) is 3.65. The molecule has 0 radical (unpaired) electrons. The van der Waals surface area contributed by atoms with Crippen LogP contribution >= 0.6 is 31.9 Å². The number of imide groups is 2. The number of carbonyl (C=O) groups excluding carboxylic acids is 4. The number of rotatable bonds is 7. The van der Waals surface area contributed by atoms with Crippen LogP contribution in [-0.2, 0) is 14.4 Å². The summed E-state index contributed by atoms with van der Waals surface area (Å²) in [5.74, 6) is -1.46. The molecule has 216 valence electrons. The van der Waals surface area contributed by atoms with E-state index in [9.17, 15) is 19.2 Å².